The van der Waals surface area contributed by atoms with E-state index in [9.17, 15) is 15.2 Å². The average Bonchev–Trinajstić information content (AvgIpc) is 2.43. The molecule has 0 unspecified atom stereocenters. The molecule has 2 aromatic rings. The highest BCUT2D eigenvalue weighted by atomic mass is 16.5. The van der Waals surface area contributed by atoms with Gasteiger partial charge in [0, 0.05) is 19.1 Å². The fourth-order valence-electron chi connectivity index (χ4n) is 1.92. The van der Waals surface area contributed by atoms with E-state index >= 15 is 0 Å². The minimum atomic E-state index is -0.568. The Hall–Kier alpha value is -2.41. The molecular formula is C13H16N4O3. The SMILES string of the molecule is Cc1c(C(=O)NCN(C)C)[n+]([O-])c2ccccc2[n+]1[O-]. The number of hydrogen-bond acceptors (Lipinski definition) is 4. The van der Waals surface area contributed by atoms with Gasteiger partial charge < -0.3 is 15.7 Å². The Labute approximate surface area is 116 Å². The van der Waals surface area contributed by atoms with Crippen LogP contribution in [-0.2, 0) is 0 Å². The first-order chi connectivity index (χ1) is 9.43. The van der Waals surface area contributed by atoms with E-state index in [-0.39, 0.29) is 29.1 Å². The van der Waals surface area contributed by atoms with Crippen LogP contribution in [0.25, 0.3) is 11.0 Å². The number of carbonyl (C=O) groups is 1. The minimum absolute atomic E-state index is 0.0787. The molecule has 20 heavy (non-hydrogen) atoms. The Morgan fingerprint density at radius 3 is 2.30 bits per heavy atom. The van der Waals surface area contributed by atoms with Gasteiger partial charge in [0.25, 0.3) is 16.7 Å². The van der Waals surface area contributed by atoms with Crippen molar-refractivity contribution in [3.05, 3.63) is 46.1 Å². The van der Waals surface area contributed by atoms with Gasteiger partial charge in [-0.15, -0.1) is 4.73 Å². The van der Waals surface area contributed by atoms with Gasteiger partial charge in [0.05, 0.1) is 6.67 Å². The summed E-state index contributed by atoms with van der Waals surface area (Å²) in [6.07, 6.45) is 0. The van der Waals surface area contributed by atoms with E-state index in [1.165, 1.54) is 13.0 Å². The molecule has 0 saturated heterocycles. The van der Waals surface area contributed by atoms with Crippen molar-refractivity contribution in [1.82, 2.24) is 10.2 Å². The van der Waals surface area contributed by atoms with E-state index in [0.29, 0.717) is 9.46 Å². The third-order valence-corrected chi connectivity index (χ3v) is 2.94. The largest absolute Gasteiger partial charge is 0.618 e. The molecule has 0 aliphatic carbocycles. The van der Waals surface area contributed by atoms with Gasteiger partial charge in [-0.1, -0.05) is 12.1 Å². The van der Waals surface area contributed by atoms with Crippen molar-refractivity contribution >= 4 is 16.9 Å². The molecule has 1 N–H and O–H groups in total. The van der Waals surface area contributed by atoms with Crippen LogP contribution in [-0.4, -0.2) is 31.6 Å². The van der Waals surface area contributed by atoms with Crippen molar-refractivity contribution in [3.63, 3.8) is 0 Å². The maximum Gasteiger partial charge on any atom is 0.350 e. The maximum absolute atomic E-state index is 12.3. The Balaban J connectivity index is 2.56. The summed E-state index contributed by atoms with van der Waals surface area (Å²) < 4.78 is 1.11. The average molecular weight is 276 g/mol. The van der Waals surface area contributed by atoms with Crippen LogP contribution >= 0.6 is 0 Å². The van der Waals surface area contributed by atoms with E-state index in [1.807, 2.05) is 0 Å². The lowest BCUT2D eigenvalue weighted by Crippen LogP contribution is -2.49. The van der Waals surface area contributed by atoms with Gasteiger partial charge in [-0.05, 0) is 14.1 Å². The first kappa shape index (κ1) is 14.0. The quantitative estimate of drug-likeness (QED) is 0.472. The van der Waals surface area contributed by atoms with Crippen molar-refractivity contribution in [3.8, 4) is 0 Å². The van der Waals surface area contributed by atoms with Gasteiger partial charge in [-0.25, -0.2) is 0 Å². The number of fused-ring (bicyclic) bond motifs is 1. The van der Waals surface area contributed by atoms with Crippen molar-refractivity contribution in [2.75, 3.05) is 20.8 Å². The summed E-state index contributed by atoms with van der Waals surface area (Å²) in [4.78, 5) is 13.8. The van der Waals surface area contributed by atoms with Crippen molar-refractivity contribution in [1.29, 1.82) is 0 Å². The third-order valence-electron chi connectivity index (χ3n) is 2.94. The fourth-order valence-corrected chi connectivity index (χ4v) is 1.92. The first-order valence-electron chi connectivity index (χ1n) is 6.11. The second-order valence-electron chi connectivity index (χ2n) is 4.76. The van der Waals surface area contributed by atoms with Crippen LogP contribution in [0.1, 0.15) is 16.2 Å². The van der Waals surface area contributed by atoms with Gasteiger partial charge in [0.2, 0.25) is 0 Å². The number of rotatable bonds is 3. The van der Waals surface area contributed by atoms with Crippen LogP contribution in [0.3, 0.4) is 0 Å². The lowest BCUT2D eigenvalue weighted by Gasteiger charge is -2.13. The fraction of sp³-hybridized carbons (Fsp3) is 0.308. The maximum atomic E-state index is 12.3. The van der Waals surface area contributed by atoms with Crippen LogP contribution < -0.4 is 14.8 Å². The summed E-state index contributed by atoms with van der Waals surface area (Å²) in [5.74, 6) is -0.568. The smallest absolute Gasteiger partial charge is 0.350 e. The molecule has 0 atom stereocenters. The van der Waals surface area contributed by atoms with Gasteiger partial charge in [-0.2, -0.15) is 4.73 Å². The van der Waals surface area contributed by atoms with E-state index in [0.717, 1.165) is 0 Å². The monoisotopic (exact) mass is 276 g/mol. The highest BCUT2D eigenvalue weighted by Crippen LogP contribution is 2.08. The number of nitrogens with zero attached hydrogens (tertiary/aromatic N) is 3. The zero-order valence-corrected chi connectivity index (χ0v) is 11.6. The summed E-state index contributed by atoms with van der Waals surface area (Å²) in [5, 5.41) is 27.0. The number of aromatic nitrogens is 2. The molecule has 1 aromatic heterocycles. The van der Waals surface area contributed by atoms with Crippen LogP contribution in [0, 0.1) is 17.3 Å². The molecule has 0 aliphatic rings. The van der Waals surface area contributed by atoms with Gasteiger partial charge in [0.15, 0.2) is 0 Å². The highest BCUT2D eigenvalue weighted by molar-refractivity contribution is 5.92. The summed E-state index contributed by atoms with van der Waals surface area (Å²) in [7, 11) is 3.57. The van der Waals surface area contributed by atoms with Crippen LogP contribution in [0.15, 0.2) is 24.3 Å². The molecule has 0 aliphatic heterocycles. The summed E-state index contributed by atoms with van der Waals surface area (Å²) in [6, 6.07) is 6.37. The lowest BCUT2D eigenvalue weighted by molar-refractivity contribution is -0.635. The topological polar surface area (TPSA) is 86.2 Å². The Morgan fingerprint density at radius 2 is 1.75 bits per heavy atom. The minimum Gasteiger partial charge on any atom is -0.618 e. The zero-order valence-electron chi connectivity index (χ0n) is 11.6. The number of nitrogens with one attached hydrogen (secondary N) is 1. The Bertz CT molecular complexity index is 670. The molecule has 7 heteroatoms. The number of para-hydroxylation sites is 2. The lowest BCUT2D eigenvalue weighted by atomic mass is 10.2. The molecule has 7 nitrogen and oxygen atoms in total. The molecule has 0 bridgehead atoms. The highest BCUT2D eigenvalue weighted by Gasteiger charge is 2.30. The van der Waals surface area contributed by atoms with E-state index < -0.39 is 5.91 Å². The molecule has 2 rings (SSSR count). The Morgan fingerprint density at radius 1 is 1.20 bits per heavy atom. The van der Waals surface area contributed by atoms with Gasteiger partial charge in [-0.3, -0.25) is 9.69 Å². The second-order valence-corrected chi connectivity index (χ2v) is 4.76. The third kappa shape index (κ3) is 2.35. The van der Waals surface area contributed by atoms with Gasteiger partial charge in [0.1, 0.15) is 0 Å². The molecule has 0 spiro atoms. The summed E-state index contributed by atoms with van der Waals surface area (Å²) >= 11 is 0. The molecule has 106 valence electrons. The summed E-state index contributed by atoms with van der Waals surface area (Å²) in [5.41, 5.74) is 0.308. The molecule has 1 amide bonds. The zero-order chi connectivity index (χ0) is 14.9. The predicted molar refractivity (Wildman–Crippen MR) is 72.6 cm³/mol. The van der Waals surface area contributed by atoms with Crippen molar-refractivity contribution in [2.45, 2.75) is 6.92 Å². The van der Waals surface area contributed by atoms with E-state index in [1.54, 1.807) is 37.2 Å². The van der Waals surface area contributed by atoms with Crippen LogP contribution in [0.5, 0.6) is 0 Å². The number of benzene rings is 1. The van der Waals surface area contributed by atoms with Crippen molar-refractivity contribution < 1.29 is 14.3 Å². The molecule has 0 radical (unpaired) electrons. The van der Waals surface area contributed by atoms with Gasteiger partial charge >= 0.3 is 11.6 Å². The van der Waals surface area contributed by atoms with Crippen LogP contribution in [0.2, 0.25) is 0 Å². The molecule has 1 heterocycles. The van der Waals surface area contributed by atoms with E-state index in [4.69, 9.17) is 0 Å². The normalized spacial score (nSPS) is 11.0. The first-order valence-corrected chi connectivity index (χ1v) is 6.11. The standard InChI is InChI=1S/C13H16N4O3/c1-9-12(13(18)14-8-15(2)3)17(20)11-7-5-4-6-10(11)16(9)19/h4-7H,8H2,1-3H3,(H,14,18). The molecular weight excluding hydrogens is 260 g/mol. The van der Waals surface area contributed by atoms with E-state index in [2.05, 4.69) is 5.32 Å². The second kappa shape index (κ2) is 5.30. The molecule has 0 fully saturated rings. The number of carbonyl (C=O) groups excluding carboxylic acids is 1. The summed E-state index contributed by atoms with van der Waals surface area (Å²) in [6.45, 7) is 1.74. The molecule has 1 aromatic carbocycles. The van der Waals surface area contributed by atoms with Crippen molar-refractivity contribution in [2.24, 2.45) is 0 Å². The van der Waals surface area contributed by atoms with Crippen LogP contribution in [0.4, 0.5) is 0 Å². The molecule has 0 saturated carbocycles. The predicted octanol–water partition coefficient (Wildman–Crippen LogP) is -0.336. The number of amides is 1. The number of hydrogen-bond donors (Lipinski definition) is 1. The Kier molecular flexibility index (Phi) is 3.71.